The van der Waals surface area contributed by atoms with Crippen molar-refractivity contribution < 1.29 is 18.3 Å². The lowest BCUT2D eigenvalue weighted by molar-refractivity contribution is 0.171. The fraction of sp³-hybridized carbons (Fsp3) is 0.533. The summed E-state index contributed by atoms with van der Waals surface area (Å²) in [5.41, 5.74) is 0. The van der Waals surface area contributed by atoms with E-state index in [2.05, 4.69) is 12.2 Å². The molecule has 1 heterocycles. The van der Waals surface area contributed by atoms with Gasteiger partial charge in [0.1, 0.15) is 12.4 Å². The molecular weight excluding hydrogens is 278 g/mol. The topological polar surface area (TPSA) is 41.6 Å². The van der Waals surface area contributed by atoms with E-state index >= 15 is 0 Å². The summed E-state index contributed by atoms with van der Waals surface area (Å²) in [7, 11) is 0. The molecule has 1 aliphatic rings. The SMILES string of the molecule is CC1CCN(C(=O)NCCOc2ccc(F)cc2F)CC1. The van der Waals surface area contributed by atoms with E-state index in [0.717, 1.165) is 38.1 Å². The van der Waals surface area contributed by atoms with Crippen molar-refractivity contribution >= 4 is 6.03 Å². The smallest absolute Gasteiger partial charge is 0.317 e. The van der Waals surface area contributed by atoms with Gasteiger partial charge in [-0.25, -0.2) is 13.6 Å². The van der Waals surface area contributed by atoms with Crippen molar-refractivity contribution in [2.24, 2.45) is 5.92 Å². The third-order valence-electron chi connectivity index (χ3n) is 3.60. The number of piperidine rings is 1. The summed E-state index contributed by atoms with van der Waals surface area (Å²) < 4.78 is 31.2. The molecule has 1 aromatic rings. The lowest BCUT2D eigenvalue weighted by Crippen LogP contribution is -2.45. The van der Waals surface area contributed by atoms with Crippen LogP contribution in [0.15, 0.2) is 18.2 Å². The van der Waals surface area contributed by atoms with Gasteiger partial charge in [0.2, 0.25) is 0 Å². The Morgan fingerprint density at radius 2 is 2.10 bits per heavy atom. The largest absolute Gasteiger partial charge is 0.489 e. The minimum atomic E-state index is -0.744. The number of halogens is 2. The van der Waals surface area contributed by atoms with Crippen molar-refractivity contribution in [3.05, 3.63) is 29.8 Å². The molecule has 2 rings (SSSR count). The summed E-state index contributed by atoms with van der Waals surface area (Å²) >= 11 is 0. The second kappa shape index (κ2) is 7.24. The van der Waals surface area contributed by atoms with Gasteiger partial charge in [-0.2, -0.15) is 0 Å². The van der Waals surface area contributed by atoms with E-state index in [-0.39, 0.29) is 24.9 Å². The van der Waals surface area contributed by atoms with Gasteiger partial charge >= 0.3 is 6.03 Å². The number of amides is 2. The summed E-state index contributed by atoms with van der Waals surface area (Å²) in [5, 5.41) is 2.73. The molecule has 4 nitrogen and oxygen atoms in total. The highest BCUT2D eigenvalue weighted by Gasteiger charge is 2.19. The Bertz CT molecular complexity index is 489. The number of nitrogens with one attached hydrogen (secondary N) is 1. The van der Waals surface area contributed by atoms with Gasteiger partial charge < -0.3 is 15.0 Å². The van der Waals surface area contributed by atoms with Crippen LogP contribution in [0.5, 0.6) is 5.75 Å². The van der Waals surface area contributed by atoms with Crippen LogP contribution in [-0.4, -0.2) is 37.2 Å². The zero-order valence-electron chi connectivity index (χ0n) is 12.1. The predicted molar refractivity (Wildman–Crippen MR) is 75.2 cm³/mol. The molecule has 2 amide bonds. The van der Waals surface area contributed by atoms with E-state index in [0.29, 0.717) is 5.92 Å². The molecule has 1 saturated heterocycles. The number of hydrogen-bond acceptors (Lipinski definition) is 2. The maximum Gasteiger partial charge on any atom is 0.317 e. The first-order valence-corrected chi connectivity index (χ1v) is 7.17. The average molecular weight is 298 g/mol. The van der Waals surface area contributed by atoms with Gasteiger partial charge in [-0.1, -0.05) is 6.92 Å². The van der Waals surface area contributed by atoms with Crippen LogP contribution in [0.2, 0.25) is 0 Å². The lowest BCUT2D eigenvalue weighted by Gasteiger charge is -2.30. The van der Waals surface area contributed by atoms with Crippen molar-refractivity contribution in [3.8, 4) is 5.75 Å². The van der Waals surface area contributed by atoms with Crippen LogP contribution >= 0.6 is 0 Å². The van der Waals surface area contributed by atoms with E-state index in [1.54, 1.807) is 4.90 Å². The first kappa shape index (κ1) is 15.5. The van der Waals surface area contributed by atoms with E-state index < -0.39 is 11.6 Å². The molecule has 116 valence electrons. The van der Waals surface area contributed by atoms with Crippen LogP contribution in [0.3, 0.4) is 0 Å². The van der Waals surface area contributed by atoms with Crippen LogP contribution in [0.1, 0.15) is 19.8 Å². The summed E-state index contributed by atoms with van der Waals surface area (Å²) in [4.78, 5) is 13.6. The van der Waals surface area contributed by atoms with Crippen molar-refractivity contribution in [2.45, 2.75) is 19.8 Å². The van der Waals surface area contributed by atoms with Gasteiger partial charge in [0.15, 0.2) is 11.6 Å². The van der Waals surface area contributed by atoms with Gasteiger partial charge in [0, 0.05) is 19.2 Å². The molecule has 1 aliphatic heterocycles. The number of carbonyl (C=O) groups is 1. The molecule has 0 spiro atoms. The van der Waals surface area contributed by atoms with Crippen molar-refractivity contribution in [1.29, 1.82) is 0 Å². The second-order valence-corrected chi connectivity index (χ2v) is 5.32. The molecule has 1 fully saturated rings. The Hall–Kier alpha value is -1.85. The number of hydrogen-bond donors (Lipinski definition) is 1. The van der Waals surface area contributed by atoms with Gasteiger partial charge in [0.05, 0.1) is 6.54 Å². The molecule has 0 unspecified atom stereocenters. The highest BCUT2D eigenvalue weighted by atomic mass is 19.1. The number of rotatable bonds is 4. The minimum Gasteiger partial charge on any atom is -0.489 e. The summed E-state index contributed by atoms with van der Waals surface area (Å²) in [6, 6.07) is 3.01. The van der Waals surface area contributed by atoms with Crippen LogP contribution < -0.4 is 10.1 Å². The Balaban J connectivity index is 1.68. The maximum atomic E-state index is 13.3. The summed E-state index contributed by atoms with van der Waals surface area (Å²) in [5.74, 6) is -0.741. The van der Waals surface area contributed by atoms with E-state index in [1.165, 1.54) is 6.07 Å². The standard InChI is InChI=1S/C15H20F2N2O2/c1-11-4-7-19(8-5-11)15(20)18-6-9-21-14-3-2-12(16)10-13(14)17/h2-3,10-11H,4-9H2,1H3,(H,18,20). The molecule has 1 N–H and O–H groups in total. The predicted octanol–water partition coefficient (Wildman–Crippen LogP) is 2.79. The van der Waals surface area contributed by atoms with E-state index in [1.807, 2.05) is 0 Å². The van der Waals surface area contributed by atoms with Crippen molar-refractivity contribution in [3.63, 3.8) is 0 Å². The van der Waals surface area contributed by atoms with Gasteiger partial charge in [-0.3, -0.25) is 0 Å². The van der Waals surface area contributed by atoms with Crippen LogP contribution in [0, 0.1) is 17.6 Å². The highest BCUT2D eigenvalue weighted by Crippen LogP contribution is 2.17. The second-order valence-electron chi connectivity index (χ2n) is 5.32. The van der Waals surface area contributed by atoms with Gasteiger partial charge in [0.25, 0.3) is 0 Å². The monoisotopic (exact) mass is 298 g/mol. The van der Waals surface area contributed by atoms with E-state index in [4.69, 9.17) is 4.74 Å². The Labute approximate surface area is 123 Å². The Morgan fingerprint density at radius 1 is 1.38 bits per heavy atom. The van der Waals surface area contributed by atoms with Gasteiger partial charge in [-0.05, 0) is 30.9 Å². The molecule has 21 heavy (non-hydrogen) atoms. The number of nitrogens with zero attached hydrogens (tertiary/aromatic N) is 1. The van der Waals surface area contributed by atoms with Crippen LogP contribution in [-0.2, 0) is 0 Å². The molecule has 0 radical (unpaired) electrons. The molecule has 0 atom stereocenters. The molecule has 0 saturated carbocycles. The van der Waals surface area contributed by atoms with Crippen LogP contribution in [0.25, 0.3) is 0 Å². The molecule has 1 aromatic carbocycles. The summed E-state index contributed by atoms with van der Waals surface area (Å²) in [6.45, 7) is 4.13. The first-order chi connectivity index (χ1) is 10.1. The average Bonchev–Trinajstić information content (AvgIpc) is 2.46. The van der Waals surface area contributed by atoms with Gasteiger partial charge in [-0.15, -0.1) is 0 Å². The number of benzene rings is 1. The zero-order chi connectivity index (χ0) is 15.2. The molecule has 0 bridgehead atoms. The molecular formula is C15H20F2N2O2. The summed E-state index contributed by atoms with van der Waals surface area (Å²) in [6.07, 6.45) is 2.04. The van der Waals surface area contributed by atoms with Crippen molar-refractivity contribution in [1.82, 2.24) is 10.2 Å². The first-order valence-electron chi connectivity index (χ1n) is 7.17. The third-order valence-corrected chi connectivity index (χ3v) is 3.60. The fourth-order valence-corrected chi connectivity index (χ4v) is 2.23. The molecule has 6 heteroatoms. The lowest BCUT2D eigenvalue weighted by atomic mass is 10.00. The van der Waals surface area contributed by atoms with E-state index in [9.17, 15) is 13.6 Å². The Kier molecular flexibility index (Phi) is 5.36. The number of likely N-dealkylation sites (tertiary alicyclic amines) is 1. The maximum absolute atomic E-state index is 13.3. The minimum absolute atomic E-state index is 0.0163. The molecule has 0 aliphatic carbocycles. The number of ether oxygens (including phenoxy) is 1. The van der Waals surface area contributed by atoms with Crippen molar-refractivity contribution in [2.75, 3.05) is 26.2 Å². The van der Waals surface area contributed by atoms with Crippen LogP contribution in [0.4, 0.5) is 13.6 Å². The third kappa shape index (κ3) is 4.58. The number of urea groups is 1. The quantitative estimate of drug-likeness (QED) is 0.869. The Morgan fingerprint density at radius 3 is 2.76 bits per heavy atom. The molecule has 0 aromatic heterocycles. The highest BCUT2D eigenvalue weighted by molar-refractivity contribution is 5.74. The normalized spacial score (nSPS) is 15.9. The number of carbonyl (C=O) groups excluding carboxylic acids is 1. The fourth-order valence-electron chi connectivity index (χ4n) is 2.23. The zero-order valence-corrected chi connectivity index (χ0v) is 12.1.